The van der Waals surface area contributed by atoms with Gasteiger partial charge in [0.1, 0.15) is 5.75 Å². The molecule has 1 heterocycles. The van der Waals surface area contributed by atoms with Crippen LogP contribution in [0.5, 0.6) is 5.75 Å². The molecule has 1 amide bonds. The van der Waals surface area contributed by atoms with Crippen LogP contribution in [0.4, 0.5) is 0 Å². The lowest BCUT2D eigenvalue weighted by Crippen LogP contribution is -2.46. The summed E-state index contributed by atoms with van der Waals surface area (Å²) in [6, 6.07) is 7.85. The van der Waals surface area contributed by atoms with Crippen molar-refractivity contribution in [3.05, 3.63) is 29.8 Å². The molecule has 1 fully saturated rings. The number of likely N-dealkylation sites (N-methyl/N-ethyl adjacent to an activating group) is 1. The van der Waals surface area contributed by atoms with Crippen molar-refractivity contribution in [3.63, 3.8) is 0 Å². The lowest BCUT2D eigenvalue weighted by Gasteiger charge is -2.24. The van der Waals surface area contributed by atoms with Gasteiger partial charge in [0.05, 0.1) is 20.2 Å². The van der Waals surface area contributed by atoms with Crippen LogP contribution in [0.3, 0.4) is 0 Å². The zero-order chi connectivity index (χ0) is 19.0. The Hall–Kier alpha value is -1.89. The number of nitrogens with zero attached hydrogens (tertiary/aromatic N) is 2. The largest absolute Gasteiger partial charge is 0.497 e. The van der Waals surface area contributed by atoms with E-state index in [9.17, 15) is 4.79 Å². The van der Waals surface area contributed by atoms with E-state index in [2.05, 4.69) is 22.5 Å². The first-order chi connectivity index (χ1) is 12.4. The van der Waals surface area contributed by atoms with Crippen LogP contribution >= 0.6 is 11.8 Å². The Balaban J connectivity index is 1.98. The normalized spacial score (nSPS) is 19.9. The first-order valence-corrected chi connectivity index (χ1v) is 9.90. The van der Waals surface area contributed by atoms with E-state index in [1.165, 1.54) is 18.6 Å². The Kier molecular flexibility index (Phi) is 7.63. The van der Waals surface area contributed by atoms with Gasteiger partial charge >= 0.3 is 0 Å². The highest BCUT2D eigenvalue weighted by atomic mass is 32.2. The van der Waals surface area contributed by atoms with Crippen molar-refractivity contribution in [2.24, 2.45) is 4.99 Å². The molecule has 0 spiro atoms. The number of nitrogens with one attached hydrogen (secondary N) is 2. The maximum atomic E-state index is 11.9. The van der Waals surface area contributed by atoms with Gasteiger partial charge in [0.15, 0.2) is 5.96 Å². The Morgan fingerprint density at radius 1 is 1.31 bits per heavy atom. The summed E-state index contributed by atoms with van der Waals surface area (Å²) < 4.78 is 5.41. The molecule has 7 heteroatoms. The minimum absolute atomic E-state index is 0.0189. The van der Waals surface area contributed by atoms with Crippen LogP contribution in [0.2, 0.25) is 0 Å². The number of ether oxygens (including phenoxy) is 1. The maximum Gasteiger partial charge on any atom is 0.241 e. The fraction of sp³-hybridized carbons (Fsp3) is 0.579. The summed E-state index contributed by atoms with van der Waals surface area (Å²) in [5.41, 5.74) is 1.09. The molecule has 2 rings (SSSR count). The predicted octanol–water partition coefficient (Wildman–Crippen LogP) is 2.10. The average Bonchev–Trinajstić information content (AvgIpc) is 3.08. The molecular weight excluding hydrogens is 348 g/mol. The van der Waals surface area contributed by atoms with Gasteiger partial charge in [-0.1, -0.05) is 12.1 Å². The molecule has 1 aliphatic rings. The molecule has 1 aromatic rings. The fourth-order valence-electron chi connectivity index (χ4n) is 2.64. The quantitative estimate of drug-likeness (QED) is 0.562. The molecule has 26 heavy (non-hydrogen) atoms. The molecule has 0 saturated carbocycles. The van der Waals surface area contributed by atoms with Gasteiger partial charge in [0, 0.05) is 25.4 Å². The molecule has 1 saturated heterocycles. The minimum Gasteiger partial charge on any atom is -0.497 e. The Morgan fingerprint density at radius 3 is 2.62 bits per heavy atom. The summed E-state index contributed by atoms with van der Waals surface area (Å²) in [7, 11) is 5.16. The number of carbonyl (C=O) groups is 1. The Labute approximate surface area is 160 Å². The zero-order valence-corrected chi connectivity index (χ0v) is 17.0. The van der Waals surface area contributed by atoms with Crippen molar-refractivity contribution in [2.75, 3.05) is 40.0 Å². The van der Waals surface area contributed by atoms with E-state index in [1.807, 2.05) is 36.0 Å². The third-order valence-corrected chi connectivity index (χ3v) is 5.95. The first-order valence-electron chi connectivity index (χ1n) is 8.91. The maximum absolute atomic E-state index is 11.9. The number of rotatable bonds is 7. The van der Waals surface area contributed by atoms with Gasteiger partial charge in [-0.25, -0.2) is 4.99 Å². The standard InChI is InChI=1S/C19H30N4O2S/c1-19(10-5-11-26-19)14-22-18(21-13-17(24)23(2)3)20-12-15-6-8-16(25-4)9-7-15/h6-9H,5,10-14H2,1-4H3,(H2,20,21,22). The van der Waals surface area contributed by atoms with Crippen LogP contribution in [0, 0.1) is 0 Å². The van der Waals surface area contributed by atoms with E-state index in [0.29, 0.717) is 12.5 Å². The highest BCUT2D eigenvalue weighted by Gasteiger charge is 2.29. The lowest BCUT2D eigenvalue weighted by molar-refractivity contribution is -0.127. The van der Waals surface area contributed by atoms with Gasteiger partial charge < -0.3 is 20.3 Å². The number of carbonyl (C=O) groups excluding carboxylic acids is 1. The smallest absolute Gasteiger partial charge is 0.241 e. The highest BCUT2D eigenvalue weighted by Crippen LogP contribution is 2.36. The summed E-state index contributed by atoms with van der Waals surface area (Å²) in [5, 5.41) is 6.56. The van der Waals surface area contributed by atoms with Crippen molar-refractivity contribution in [1.29, 1.82) is 0 Å². The van der Waals surface area contributed by atoms with Gasteiger partial charge in [0.25, 0.3) is 0 Å². The number of guanidine groups is 1. The second-order valence-corrected chi connectivity index (χ2v) is 8.59. The van der Waals surface area contributed by atoms with Crippen LogP contribution in [0.25, 0.3) is 0 Å². The minimum atomic E-state index is 0.0189. The number of aliphatic imine (C=N–C) groups is 1. The molecular formula is C19H30N4O2S. The number of hydrogen-bond donors (Lipinski definition) is 2. The van der Waals surface area contributed by atoms with E-state index < -0.39 is 0 Å². The van der Waals surface area contributed by atoms with Gasteiger partial charge in [-0.05, 0) is 43.2 Å². The summed E-state index contributed by atoms with van der Waals surface area (Å²) in [6.45, 7) is 3.89. The van der Waals surface area contributed by atoms with Crippen LogP contribution in [0.1, 0.15) is 25.3 Å². The molecule has 1 atom stereocenters. The summed E-state index contributed by atoms with van der Waals surface area (Å²) in [5.74, 6) is 2.73. The van der Waals surface area contributed by atoms with Crippen LogP contribution in [-0.4, -0.2) is 61.6 Å². The lowest BCUT2D eigenvalue weighted by atomic mass is 10.1. The topological polar surface area (TPSA) is 66.0 Å². The average molecular weight is 379 g/mol. The summed E-state index contributed by atoms with van der Waals surface area (Å²) in [6.07, 6.45) is 2.46. The number of hydrogen-bond acceptors (Lipinski definition) is 4. The van der Waals surface area contributed by atoms with E-state index in [-0.39, 0.29) is 17.2 Å². The van der Waals surface area contributed by atoms with Crippen molar-refractivity contribution >= 4 is 23.6 Å². The number of methoxy groups -OCH3 is 1. The number of thioether (sulfide) groups is 1. The zero-order valence-electron chi connectivity index (χ0n) is 16.2. The molecule has 1 unspecified atom stereocenters. The fourth-order valence-corrected chi connectivity index (χ4v) is 3.88. The van der Waals surface area contributed by atoms with E-state index in [4.69, 9.17) is 4.74 Å². The van der Waals surface area contributed by atoms with Crippen molar-refractivity contribution in [2.45, 2.75) is 31.1 Å². The van der Waals surface area contributed by atoms with Crippen LogP contribution < -0.4 is 15.4 Å². The van der Waals surface area contributed by atoms with Crippen LogP contribution in [-0.2, 0) is 11.3 Å². The molecule has 144 valence electrons. The highest BCUT2D eigenvalue weighted by molar-refractivity contribution is 8.00. The third kappa shape index (κ3) is 6.44. The third-order valence-electron chi connectivity index (χ3n) is 4.41. The van der Waals surface area contributed by atoms with Gasteiger partial charge in [-0.3, -0.25) is 4.79 Å². The van der Waals surface area contributed by atoms with E-state index >= 15 is 0 Å². The van der Waals surface area contributed by atoms with Gasteiger partial charge in [-0.15, -0.1) is 0 Å². The molecule has 1 aliphatic heterocycles. The number of amides is 1. The summed E-state index contributed by atoms with van der Waals surface area (Å²) in [4.78, 5) is 18.1. The molecule has 0 aromatic heterocycles. The number of benzene rings is 1. The second kappa shape index (κ2) is 9.71. The van der Waals surface area contributed by atoms with E-state index in [1.54, 1.807) is 26.1 Å². The van der Waals surface area contributed by atoms with Gasteiger partial charge in [0.2, 0.25) is 5.91 Å². The van der Waals surface area contributed by atoms with Gasteiger partial charge in [-0.2, -0.15) is 11.8 Å². The molecule has 0 radical (unpaired) electrons. The van der Waals surface area contributed by atoms with E-state index in [0.717, 1.165) is 17.9 Å². The molecule has 0 bridgehead atoms. The monoisotopic (exact) mass is 378 g/mol. The molecule has 6 nitrogen and oxygen atoms in total. The molecule has 0 aliphatic carbocycles. The first kappa shape index (κ1) is 20.4. The molecule has 2 N–H and O–H groups in total. The second-order valence-electron chi connectivity index (χ2n) is 6.91. The van der Waals surface area contributed by atoms with Crippen molar-refractivity contribution in [1.82, 2.24) is 15.5 Å². The summed E-state index contributed by atoms with van der Waals surface area (Å²) >= 11 is 2.00. The van der Waals surface area contributed by atoms with Crippen molar-refractivity contribution < 1.29 is 9.53 Å². The SMILES string of the molecule is COc1ccc(CN=C(NCC(=O)N(C)C)NCC2(C)CCCS2)cc1. The predicted molar refractivity (Wildman–Crippen MR) is 109 cm³/mol. The van der Waals surface area contributed by atoms with Crippen molar-refractivity contribution in [3.8, 4) is 5.75 Å². The molecule has 1 aromatic carbocycles. The Bertz CT molecular complexity index is 610. The Morgan fingerprint density at radius 2 is 2.04 bits per heavy atom. The van der Waals surface area contributed by atoms with Crippen LogP contribution in [0.15, 0.2) is 29.3 Å².